The minimum atomic E-state index is -3.80. The Kier molecular flexibility index (Phi) is 6.47. The van der Waals surface area contributed by atoms with E-state index in [1.807, 2.05) is 52.0 Å². The summed E-state index contributed by atoms with van der Waals surface area (Å²) in [6.45, 7) is 14.3. The van der Waals surface area contributed by atoms with Crippen LogP contribution < -0.4 is 4.72 Å². The predicted molar refractivity (Wildman–Crippen MR) is 141 cm³/mol. The maximum Gasteiger partial charge on any atom is 0.268 e. The van der Waals surface area contributed by atoms with Gasteiger partial charge in [0.05, 0.1) is 16.5 Å². The van der Waals surface area contributed by atoms with Crippen molar-refractivity contribution < 1.29 is 13.0 Å². The molecule has 1 aliphatic rings. The van der Waals surface area contributed by atoms with Gasteiger partial charge in [0.1, 0.15) is 4.75 Å². The van der Waals surface area contributed by atoms with E-state index in [0.717, 1.165) is 40.6 Å². The molecule has 0 fully saturated rings. The molecule has 5 nitrogen and oxygen atoms in total. The Bertz CT molecular complexity index is 1310. The third-order valence-corrected chi connectivity index (χ3v) is 9.92. The highest BCUT2D eigenvalue weighted by Crippen LogP contribution is 2.42. The number of aryl methyl sites for hydroxylation is 1. The van der Waals surface area contributed by atoms with Crippen molar-refractivity contribution in [3.8, 4) is 0 Å². The second-order valence-corrected chi connectivity index (χ2v) is 15.2. The lowest BCUT2D eigenvalue weighted by Gasteiger charge is -2.30. The van der Waals surface area contributed by atoms with Crippen LogP contribution in [0.3, 0.4) is 0 Å². The van der Waals surface area contributed by atoms with Gasteiger partial charge in [-0.2, -0.15) is 0 Å². The van der Waals surface area contributed by atoms with Crippen LogP contribution >= 0.6 is 0 Å². The van der Waals surface area contributed by atoms with Gasteiger partial charge in [-0.1, -0.05) is 44.5 Å². The highest BCUT2D eigenvalue weighted by Gasteiger charge is 2.37. The third kappa shape index (κ3) is 4.55. The van der Waals surface area contributed by atoms with Crippen molar-refractivity contribution in [2.75, 3.05) is 0 Å². The zero-order valence-corrected chi connectivity index (χ0v) is 22.9. The van der Waals surface area contributed by atoms with Crippen LogP contribution in [0.2, 0.25) is 0 Å². The van der Waals surface area contributed by atoms with Gasteiger partial charge >= 0.3 is 0 Å². The Morgan fingerprint density at radius 1 is 1.03 bits per heavy atom. The van der Waals surface area contributed by atoms with Gasteiger partial charge in [-0.05, 0) is 82.2 Å². The van der Waals surface area contributed by atoms with E-state index in [0.29, 0.717) is 11.9 Å². The van der Waals surface area contributed by atoms with E-state index in [4.69, 9.17) is 0 Å². The zero-order chi connectivity index (χ0) is 25.1. The molecule has 0 saturated heterocycles. The molecule has 1 heterocycles. The first kappa shape index (κ1) is 25.3. The Hall–Kier alpha value is -1.80. The fourth-order valence-electron chi connectivity index (χ4n) is 4.56. The van der Waals surface area contributed by atoms with Crippen molar-refractivity contribution in [2.45, 2.75) is 88.8 Å². The molecule has 0 radical (unpaired) electrons. The smallest absolute Gasteiger partial charge is 0.268 e. The number of hydrogen-bond donors (Lipinski definition) is 1. The summed E-state index contributed by atoms with van der Waals surface area (Å²) in [5, 5.41) is 0.932. The van der Waals surface area contributed by atoms with E-state index < -0.39 is 26.1 Å². The van der Waals surface area contributed by atoms with Gasteiger partial charge in [-0.15, -0.1) is 4.72 Å². The molecular formula is C27H36N2O3S2. The van der Waals surface area contributed by atoms with Gasteiger partial charge in [0.25, 0.3) is 10.0 Å². The monoisotopic (exact) mass is 500 g/mol. The molecule has 3 aromatic rings. The normalized spacial score (nSPS) is 18.2. The molecule has 7 heteroatoms. The van der Waals surface area contributed by atoms with Crippen molar-refractivity contribution in [3.63, 3.8) is 0 Å². The largest absolute Gasteiger partial charge is 0.598 e. The second kappa shape index (κ2) is 8.70. The molecule has 34 heavy (non-hydrogen) atoms. The first-order valence-electron chi connectivity index (χ1n) is 11.9. The summed E-state index contributed by atoms with van der Waals surface area (Å²) in [5.74, 6) is 0. The van der Waals surface area contributed by atoms with Gasteiger partial charge in [0.15, 0.2) is 0 Å². The van der Waals surface area contributed by atoms with Crippen LogP contribution in [0.4, 0.5) is 0 Å². The lowest BCUT2D eigenvalue weighted by atomic mass is 9.85. The van der Waals surface area contributed by atoms with Crippen molar-refractivity contribution in [3.05, 3.63) is 64.8 Å². The molecule has 2 aromatic carbocycles. The van der Waals surface area contributed by atoms with Crippen LogP contribution in [0, 0.1) is 6.92 Å². The van der Waals surface area contributed by atoms with E-state index in [-0.39, 0.29) is 16.4 Å². The molecule has 0 spiro atoms. The number of rotatable bonds is 4. The van der Waals surface area contributed by atoms with Crippen LogP contribution in [-0.4, -0.2) is 21.7 Å². The summed E-state index contributed by atoms with van der Waals surface area (Å²) in [4.78, 5) is 0.283. The number of nitrogens with one attached hydrogen (secondary N) is 1. The maximum absolute atomic E-state index is 13.9. The summed E-state index contributed by atoms with van der Waals surface area (Å²) in [6, 6.07) is 13.0. The van der Waals surface area contributed by atoms with E-state index in [9.17, 15) is 13.0 Å². The average molecular weight is 501 g/mol. The third-order valence-electron chi connectivity index (χ3n) is 6.55. The lowest BCUT2D eigenvalue weighted by Crippen LogP contribution is -2.42. The zero-order valence-electron chi connectivity index (χ0n) is 21.2. The first-order valence-corrected chi connectivity index (χ1v) is 14.5. The van der Waals surface area contributed by atoms with Crippen molar-refractivity contribution in [1.82, 2.24) is 8.69 Å². The Morgan fingerprint density at radius 2 is 1.68 bits per heavy atom. The van der Waals surface area contributed by atoms with Crippen LogP contribution in [0.1, 0.15) is 82.8 Å². The summed E-state index contributed by atoms with van der Waals surface area (Å²) in [7, 11) is -3.80. The van der Waals surface area contributed by atoms with Crippen molar-refractivity contribution >= 4 is 32.3 Å². The van der Waals surface area contributed by atoms with E-state index in [2.05, 4.69) is 31.6 Å². The van der Waals surface area contributed by atoms with Gasteiger partial charge in [-0.25, -0.2) is 12.4 Å². The summed E-state index contributed by atoms with van der Waals surface area (Å²) in [5.41, 5.74) is 4.55. The summed E-state index contributed by atoms with van der Waals surface area (Å²) in [6.07, 6.45) is 2.32. The van der Waals surface area contributed by atoms with Crippen LogP contribution in [-0.2, 0) is 33.2 Å². The van der Waals surface area contributed by atoms with Crippen LogP contribution in [0.5, 0.6) is 0 Å². The maximum atomic E-state index is 13.9. The minimum absolute atomic E-state index is 0.0785. The quantitative estimate of drug-likeness (QED) is 0.452. The molecule has 1 aromatic heterocycles. The standard InChI is InChI=1S/C27H36N2O3S2/c1-18-11-14-20(15-12-18)34(31,32)29-23-16-13-19(26(2,3)4)17-21(23)25-22(9-8-10-24(25)29)28-33(30)27(5,6)7/h11-17,22,28H,8-10H2,1-7H3/t22-,33?/m1/s1. The van der Waals surface area contributed by atoms with Gasteiger partial charge in [0, 0.05) is 28.0 Å². The van der Waals surface area contributed by atoms with Crippen LogP contribution in [0.25, 0.3) is 10.9 Å². The second-order valence-electron chi connectivity index (χ2n) is 11.4. The molecule has 2 atom stereocenters. The lowest BCUT2D eigenvalue weighted by molar-refractivity contribution is 0.488. The molecular weight excluding hydrogens is 464 g/mol. The molecule has 1 aliphatic carbocycles. The molecule has 0 aliphatic heterocycles. The SMILES string of the molecule is Cc1ccc(S(=O)(=O)n2c3c(c4cc(C(C)(C)C)ccc42)[C@H](N[S+]([O-])C(C)(C)C)CCC3)cc1. The molecule has 0 bridgehead atoms. The number of nitrogens with zero attached hydrogens (tertiary/aromatic N) is 1. The fourth-order valence-corrected chi connectivity index (χ4v) is 7.00. The summed E-state index contributed by atoms with van der Waals surface area (Å²) >= 11 is -1.27. The Labute approximate surface area is 207 Å². The van der Waals surface area contributed by atoms with E-state index in [1.54, 1.807) is 16.1 Å². The number of fused-ring (bicyclic) bond motifs is 3. The highest BCUT2D eigenvalue weighted by molar-refractivity contribution is 7.91. The minimum Gasteiger partial charge on any atom is -0.598 e. The van der Waals surface area contributed by atoms with Crippen LogP contribution in [0.15, 0.2) is 47.4 Å². The predicted octanol–water partition coefficient (Wildman–Crippen LogP) is 5.91. The fraction of sp³-hybridized carbons (Fsp3) is 0.481. The highest BCUT2D eigenvalue weighted by atomic mass is 32.2. The topological polar surface area (TPSA) is 74.2 Å². The van der Waals surface area contributed by atoms with Gasteiger partial charge in [-0.3, -0.25) is 0 Å². The molecule has 184 valence electrons. The molecule has 0 amide bonds. The first-order chi connectivity index (χ1) is 15.7. The molecule has 1 N–H and O–H groups in total. The Morgan fingerprint density at radius 3 is 2.26 bits per heavy atom. The number of aromatic nitrogens is 1. The van der Waals surface area contributed by atoms with E-state index in [1.165, 1.54) is 0 Å². The van der Waals surface area contributed by atoms with Crippen molar-refractivity contribution in [1.29, 1.82) is 0 Å². The molecule has 4 rings (SSSR count). The van der Waals surface area contributed by atoms with Crippen molar-refractivity contribution in [2.24, 2.45) is 0 Å². The average Bonchev–Trinajstić information content (AvgIpc) is 3.08. The van der Waals surface area contributed by atoms with E-state index >= 15 is 0 Å². The Balaban J connectivity index is 1.99. The molecule has 0 saturated carbocycles. The van der Waals surface area contributed by atoms with Gasteiger partial charge < -0.3 is 4.55 Å². The van der Waals surface area contributed by atoms with Gasteiger partial charge in [0.2, 0.25) is 0 Å². The number of benzene rings is 2. The number of hydrogen-bond acceptors (Lipinski definition) is 4. The molecule has 1 unspecified atom stereocenters. The summed E-state index contributed by atoms with van der Waals surface area (Å²) < 4.78 is 45.4.